The zero-order valence-electron chi connectivity index (χ0n) is 6.64. The molecule has 0 atom stereocenters. The molecule has 0 aliphatic rings. The van der Waals surface area contributed by atoms with Gasteiger partial charge >= 0.3 is 6.41 Å². The van der Waals surface area contributed by atoms with E-state index in [2.05, 4.69) is 0 Å². The predicted octanol–water partition coefficient (Wildman–Crippen LogP) is 1.61. The van der Waals surface area contributed by atoms with E-state index in [1.807, 2.05) is 0 Å². The summed E-state index contributed by atoms with van der Waals surface area (Å²) in [4.78, 5) is 10.6. The molecule has 0 heterocycles. The van der Waals surface area contributed by atoms with Crippen LogP contribution in [0.25, 0.3) is 0 Å². The van der Waals surface area contributed by atoms with Crippen LogP contribution in [0.4, 0.5) is 18.9 Å². The molecule has 1 amide bonds. The highest BCUT2D eigenvalue weighted by atomic mass is 19.1. The van der Waals surface area contributed by atoms with E-state index in [4.69, 9.17) is 0 Å². The van der Waals surface area contributed by atoms with Gasteiger partial charge in [-0.3, -0.25) is 4.79 Å². The Morgan fingerprint density at radius 3 is 2.08 bits per heavy atom. The molecular formula is C8H5F3NO. The van der Waals surface area contributed by atoms with Gasteiger partial charge in [-0.1, -0.05) is 0 Å². The van der Waals surface area contributed by atoms with Crippen LogP contribution in [0, 0.1) is 17.5 Å². The second kappa shape index (κ2) is 3.47. The third-order valence-corrected chi connectivity index (χ3v) is 1.45. The first-order valence-corrected chi connectivity index (χ1v) is 3.32. The van der Waals surface area contributed by atoms with Crippen molar-refractivity contribution in [2.24, 2.45) is 0 Å². The molecular weight excluding hydrogens is 183 g/mol. The van der Waals surface area contributed by atoms with Crippen LogP contribution in [0.15, 0.2) is 12.1 Å². The lowest BCUT2D eigenvalue weighted by molar-refractivity contribution is 0.534. The molecule has 0 unspecified atom stereocenters. The first-order chi connectivity index (χ1) is 6.06. The highest BCUT2D eigenvalue weighted by Gasteiger charge is 2.15. The van der Waals surface area contributed by atoms with Crippen LogP contribution in [-0.4, -0.2) is 13.5 Å². The van der Waals surface area contributed by atoms with Gasteiger partial charge in [0.2, 0.25) is 0 Å². The van der Waals surface area contributed by atoms with Gasteiger partial charge in [-0.05, 0) is 0 Å². The molecule has 1 radical (unpaired) electrons. The molecule has 13 heavy (non-hydrogen) atoms. The number of benzene rings is 1. The van der Waals surface area contributed by atoms with Crippen LogP contribution in [0.3, 0.4) is 0 Å². The van der Waals surface area contributed by atoms with Gasteiger partial charge < -0.3 is 4.90 Å². The van der Waals surface area contributed by atoms with Crippen molar-refractivity contribution in [3.8, 4) is 0 Å². The molecule has 0 bridgehead atoms. The van der Waals surface area contributed by atoms with E-state index in [-0.39, 0.29) is 0 Å². The molecule has 1 aromatic carbocycles. The van der Waals surface area contributed by atoms with Gasteiger partial charge in [-0.25, -0.2) is 13.2 Å². The highest BCUT2D eigenvalue weighted by Crippen LogP contribution is 2.22. The summed E-state index contributed by atoms with van der Waals surface area (Å²) in [6, 6.07) is 0.985. The fourth-order valence-electron chi connectivity index (χ4n) is 0.901. The number of amides is 1. The normalized spacial score (nSPS) is 9.85. The first kappa shape index (κ1) is 9.57. The largest absolute Gasteiger partial charge is 0.316 e. The minimum absolute atomic E-state index is 0.492. The molecule has 0 saturated carbocycles. The minimum atomic E-state index is -1.14. The van der Waals surface area contributed by atoms with E-state index in [9.17, 15) is 18.0 Å². The molecule has 5 heteroatoms. The van der Waals surface area contributed by atoms with Crippen molar-refractivity contribution in [3.63, 3.8) is 0 Å². The molecule has 69 valence electrons. The zero-order chi connectivity index (χ0) is 10.0. The Kier molecular flexibility index (Phi) is 2.55. The predicted molar refractivity (Wildman–Crippen MR) is 40.4 cm³/mol. The van der Waals surface area contributed by atoms with Gasteiger partial charge in [-0.15, -0.1) is 0 Å². The quantitative estimate of drug-likeness (QED) is 0.645. The molecule has 0 spiro atoms. The van der Waals surface area contributed by atoms with E-state index in [1.54, 1.807) is 0 Å². The Labute approximate surface area is 72.6 Å². The number of nitrogens with zero attached hydrogens (tertiary/aromatic N) is 1. The molecule has 0 aliphatic carbocycles. The molecule has 0 saturated heterocycles. The molecule has 0 fully saturated rings. The average Bonchev–Trinajstić information content (AvgIpc) is 2.02. The van der Waals surface area contributed by atoms with Crippen molar-refractivity contribution in [1.82, 2.24) is 0 Å². The van der Waals surface area contributed by atoms with Gasteiger partial charge in [0.1, 0.15) is 11.5 Å². The van der Waals surface area contributed by atoms with E-state index in [0.29, 0.717) is 17.0 Å². The van der Waals surface area contributed by atoms with Crippen molar-refractivity contribution in [3.05, 3.63) is 29.6 Å². The van der Waals surface area contributed by atoms with E-state index < -0.39 is 23.1 Å². The summed E-state index contributed by atoms with van der Waals surface area (Å²) in [5.41, 5.74) is -0.614. The lowest BCUT2D eigenvalue weighted by Crippen LogP contribution is -2.17. The second-order valence-electron chi connectivity index (χ2n) is 2.37. The monoisotopic (exact) mass is 188 g/mol. The smallest absolute Gasteiger partial charge is 0.302 e. The fraction of sp³-hybridized carbons (Fsp3) is 0.125. The van der Waals surface area contributed by atoms with Crippen molar-refractivity contribution < 1.29 is 18.0 Å². The summed E-state index contributed by atoms with van der Waals surface area (Å²) in [5, 5.41) is 0. The van der Waals surface area contributed by atoms with Gasteiger partial charge in [0.25, 0.3) is 0 Å². The number of anilines is 1. The third-order valence-electron chi connectivity index (χ3n) is 1.45. The van der Waals surface area contributed by atoms with Crippen LogP contribution in [0.2, 0.25) is 0 Å². The molecule has 0 aromatic heterocycles. The number of hydrogen-bond acceptors (Lipinski definition) is 1. The summed E-state index contributed by atoms with van der Waals surface area (Å²) < 4.78 is 38.1. The van der Waals surface area contributed by atoms with Gasteiger partial charge in [0, 0.05) is 19.2 Å². The number of halogens is 3. The Balaban J connectivity index is 3.28. The molecule has 2 nitrogen and oxygen atoms in total. The second-order valence-corrected chi connectivity index (χ2v) is 2.37. The summed E-state index contributed by atoms with van der Waals surface area (Å²) in [6.45, 7) is 0. The Hall–Kier alpha value is -1.52. The SMILES string of the molecule is CN([C]=O)c1c(F)cc(F)cc1F. The van der Waals surface area contributed by atoms with Gasteiger partial charge in [0.05, 0.1) is 0 Å². The van der Waals surface area contributed by atoms with E-state index in [0.717, 1.165) is 7.05 Å². The maximum atomic E-state index is 12.8. The topological polar surface area (TPSA) is 20.3 Å². The summed E-state index contributed by atoms with van der Waals surface area (Å²) in [7, 11) is 1.12. The van der Waals surface area contributed by atoms with E-state index in [1.165, 1.54) is 6.41 Å². The van der Waals surface area contributed by atoms with Gasteiger partial charge in [-0.2, -0.15) is 0 Å². The van der Waals surface area contributed by atoms with E-state index >= 15 is 0 Å². The number of carbonyl (C=O) groups excluding carboxylic acids is 1. The average molecular weight is 188 g/mol. The Morgan fingerprint density at radius 1 is 1.23 bits per heavy atom. The maximum absolute atomic E-state index is 12.8. The van der Waals surface area contributed by atoms with Crippen LogP contribution in [-0.2, 0) is 4.79 Å². The summed E-state index contributed by atoms with van der Waals surface area (Å²) in [5.74, 6) is -3.30. The van der Waals surface area contributed by atoms with Gasteiger partial charge in [0.15, 0.2) is 11.6 Å². The first-order valence-electron chi connectivity index (χ1n) is 3.32. The third kappa shape index (κ3) is 1.80. The van der Waals surface area contributed by atoms with Crippen molar-refractivity contribution in [1.29, 1.82) is 0 Å². The standard InChI is InChI=1S/C8H5F3NO/c1-12(4-13)8-6(10)2-5(9)3-7(8)11/h2-3H,1H3. The van der Waals surface area contributed by atoms with Crippen molar-refractivity contribution in [2.45, 2.75) is 0 Å². The highest BCUT2D eigenvalue weighted by molar-refractivity contribution is 5.75. The number of rotatable bonds is 2. The Bertz CT molecular complexity index is 317. The molecule has 1 rings (SSSR count). The molecule has 0 aliphatic heterocycles. The minimum Gasteiger partial charge on any atom is -0.302 e. The van der Waals surface area contributed by atoms with Crippen LogP contribution in [0.1, 0.15) is 0 Å². The summed E-state index contributed by atoms with van der Waals surface area (Å²) >= 11 is 0. The van der Waals surface area contributed by atoms with Crippen LogP contribution < -0.4 is 4.90 Å². The van der Waals surface area contributed by atoms with Crippen molar-refractivity contribution >= 4 is 12.1 Å². The molecule has 0 N–H and O–H groups in total. The van der Waals surface area contributed by atoms with Crippen LogP contribution >= 0.6 is 0 Å². The summed E-state index contributed by atoms with van der Waals surface area (Å²) in [6.07, 6.45) is 1.26. The lowest BCUT2D eigenvalue weighted by Gasteiger charge is -2.11. The van der Waals surface area contributed by atoms with Crippen molar-refractivity contribution in [2.75, 3.05) is 11.9 Å². The van der Waals surface area contributed by atoms with Crippen LogP contribution in [0.5, 0.6) is 0 Å². The Morgan fingerprint density at radius 2 is 1.69 bits per heavy atom. The fourth-order valence-corrected chi connectivity index (χ4v) is 0.901. The zero-order valence-corrected chi connectivity index (χ0v) is 6.64. The molecule has 1 aromatic rings. The lowest BCUT2D eigenvalue weighted by atomic mass is 10.2. The number of hydrogen-bond donors (Lipinski definition) is 0. The maximum Gasteiger partial charge on any atom is 0.316 e.